The Kier molecular flexibility index (Phi) is 1.93. The summed E-state index contributed by atoms with van der Waals surface area (Å²) in [5.41, 5.74) is 3.52. The molecule has 1 aromatic carbocycles. The first-order valence-electron chi connectivity index (χ1n) is 4.21. The van der Waals surface area contributed by atoms with Gasteiger partial charge in [0.2, 0.25) is 0 Å². The monoisotopic (exact) mass is 158 g/mol. The molecule has 1 nitrogen and oxygen atoms in total. The van der Waals surface area contributed by atoms with Crippen LogP contribution in [0.15, 0.2) is 18.2 Å². The maximum absolute atomic E-state index is 5.70. The van der Waals surface area contributed by atoms with E-state index in [1.54, 1.807) is 0 Å². The molecule has 1 fully saturated rings. The van der Waals surface area contributed by atoms with E-state index in [1.165, 1.54) is 11.1 Å². The maximum atomic E-state index is 5.70. The lowest BCUT2D eigenvalue weighted by atomic mass is 9.86. The molecule has 1 heterocycles. The standard InChI is InChI=1S/C10H11BO/c1-7-2-3-9(11)4-10(7)8-5-12-6-8/h2-4,8H,5-6H2,1H3. The first-order chi connectivity index (χ1) is 5.77. The van der Waals surface area contributed by atoms with Crippen molar-refractivity contribution in [3.8, 4) is 0 Å². The van der Waals surface area contributed by atoms with Gasteiger partial charge in [0.25, 0.3) is 0 Å². The van der Waals surface area contributed by atoms with Gasteiger partial charge in [0.15, 0.2) is 0 Å². The average Bonchev–Trinajstić information content (AvgIpc) is 1.93. The van der Waals surface area contributed by atoms with Crippen LogP contribution in [0.3, 0.4) is 0 Å². The number of hydrogen-bond donors (Lipinski definition) is 0. The van der Waals surface area contributed by atoms with Gasteiger partial charge in [0.05, 0.1) is 13.2 Å². The number of benzene rings is 1. The Bertz CT molecular complexity index is 292. The smallest absolute Gasteiger partial charge is 0.113 e. The van der Waals surface area contributed by atoms with E-state index in [2.05, 4.69) is 19.1 Å². The van der Waals surface area contributed by atoms with Crippen LogP contribution in [0.4, 0.5) is 0 Å². The van der Waals surface area contributed by atoms with Gasteiger partial charge in [-0.05, 0) is 18.1 Å². The van der Waals surface area contributed by atoms with E-state index >= 15 is 0 Å². The lowest BCUT2D eigenvalue weighted by molar-refractivity contribution is 0.00820. The van der Waals surface area contributed by atoms with Gasteiger partial charge in [0, 0.05) is 5.92 Å². The lowest BCUT2D eigenvalue weighted by Gasteiger charge is -2.28. The Morgan fingerprint density at radius 2 is 2.17 bits per heavy atom. The third-order valence-corrected chi connectivity index (χ3v) is 2.38. The van der Waals surface area contributed by atoms with Crippen LogP contribution in [0.2, 0.25) is 0 Å². The fourth-order valence-corrected chi connectivity index (χ4v) is 1.51. The summed E-state index contributed by atoms with van der Waals surface area (Å²) in [6.45, 7) is 3.82. The van der Waals surface area contributed by atoms with Crippen LogP contribution in [0, 0.1) is 6.92 Å². The summed E-state index contributed by atoms with van der Waals surface area (Å²) < 4.78 is 5.14. The number of rotatable bonds is 1. The molecule has 0 bridgehead atoms. The molecule has 0 spiro atoms. The van der Waals surface area contributed by atoms with Crippen molar-refractivity contribution in [1.29, 1.82) is 0 Å². The van der Waals surface area contributed by atoms with Crippen molar-refractivity contribution in [2.75, 3.05) is 13.2 Å². The van der Waals surface area contributed by atoms with Crippen LogP contribution in [0.5, 0.6) is 0 Å². The van der Waals surface area contributed by atoms with Crippen LogP contribution in [-0.4, -0.2) is 21.1 Å². The molecule has 12 heavy (non-hydrogen) atoms. The molecule has 1 aliphatic heterocycles. The summed E-state index contributed by atoms with van der Waals surface area (Å²) >= 11 is 0. The zero-order valence-corrected chi connectivity index (χ0v) is 7.21. The van der Waals surface area contributed by atoms with Crippen molar-refractivity contribution in [2.45, 2.75) is 12.8 Å². The first kappa shape index (κ1) is 7.87. The highest BCUT2D eigenvalue weighted by Gasteiger charge is 2.21. The van der Waals surface area contributed by atoms with Gasteiger partial charge in [0.1, 0.15) is 7.85 Å². The van der Waals surface area contributed by atoms with Crippen LogP contribution >= 0.6 is 0 Å². The van der Waals surface area contributed by atoms with Gasteiger partial charge in [-0.2, -0.15) is 0 Å². The lowest BCUT2D eigenvalue weighted by Crippen LogP contribution is -2.26. The van der Waals surface area contributed by atoms with E-state index in [0.717, 1.165) is 18.7 Å². The molecule has 0 amide bonds. The van der Waals surface area contributed by atoms with Gasteiger partial charge in [-0.15, -0.1) is 0 Å². The largest absolute Gasteiger partial charge is 0.380 e. The van der Waals surface area contributed by atoms with E-state index in [9.17, 15) is 0 Å². The Morgan fingerprint density at radius 1 is 1.42 bits per heavy atom. The second-order valence-corrected chi connectivity index (χ2v) is 3.35. The van der Waals surface area contributed by atoms with Crippen molar-refractivity contribution < 1.29 is 4.74 Å². The minimum absolute atomic E-state index is 0.577. The quantitative estimate of drug-likeness (QED) is 0.551. The van der Waals surface area contributed by atoms with E-state index < -0.39 is 0 Å². The van der Waals surface area contributed by atoms with Crippen molar-refractivity contribution in [3.05, 3.63) is 29.3 Å². The summed E-state index contributed by atoms with van der Waals surface area (Å²) in [6, 6.07) is 6.07. The summed E-state index contributed by atoms with van der Waals surface area (Å²) in [6.07, 6.45) is 0. The molecule has 2 radical (unpaired) electrons. The fraction of sp³-hybridized carbons (Fsp3) is 0.400. The highest BCUT2D eigenvalue weighted by Crippen LogP contribution is 2.25. The van der Waals surface area contributed by atoms with Crippen molar-refractivity contribution in [3.63, 3.8) is 0 Å². The first-order valence-corrected chi connectivity index (χ1v) is 4.21. The molecule has 2 rings (SSSR count). The van der Waals surface area contributed by atoms with Gasteiger partial charge in [-0.1, -0.05) is 23.7 Å². The van der Waals surface area contributed by atoms with Crippen LogP contribution in [0.1, 0.15) is 17.0 Å². The number of ether oxygens (including phenoxy) is 1. The normalized spacial score (nSPS) is 17.4. The Hall–Kier alpha value is -0.755. The van der Waals surface area contributed by atoms with E-state index in [0.29, 0.717) is 5.92 Å². The third-order valence-electron chi connectivity index (χ3n) is 2.38. The molecular weight excluding hydrogens is 147 g/mol. The Balaban J connectivity index is 2.34. The van der Waals surface area contributed by atoms with Gasteiger partial charge < -0.3 is 4.74 Å². The molecule has 0 atom stereocenters. The summed E-state index contributed by atoms with van der Waals surface area (Å²) in [5.74, 6) is 0.577. The minimum atomic E-state index is 0.577. The predicted octanol–water partition coefficient (Wildman–Crippen LogP) is 0.903. The van der Waals surface area contributed by atoms with Crippen molar-refractivity contribution in [1.82, 2.24) is 0 Å². The Labute approximate surface area is 74.2 Å². The highest BCUT2D eigenvalue weighted by molar-refractivity contribution is 6.32. The number of aryl methyl sites for hydroxylation is 1. The van der Waals surface area contributed by atoms with Crippen LogP contribution in [0.25, 0.3) is 0 Å². The van der Waals surface area contributed by atoms with E-state index in [-0.39, 0.29) is 0 Å². The molecule has 1 aliphatic rings. The molecule has 2 heteroatoms. The van der Waals surface area contributed by atoms with Crippen molar-refractivity contribution in [2.24, 2.45) is 0 Å². The maximum Gasteiger partial charge on any atom is 0.113 e. The third kappa shape index (κ3) is 1.27. The van der Waals surface area contributed by atoms with Crippen LogP contribution in [-0.2, 0) is 4.74 Å². The van der Waals surface area contributed by atoms with E-state index in [1.807, 2.05) is 6.07 Å². The summed E-state index contributed by atoms with van der Waals surface area (Å²) in [5, 5.41) is 0. The molecule has 0 saturated carbocycles. The second kappa shape index (κ2) is 2.94. The highest BCUT2D eigenvalue weighted by atomic mass is 16.5. The topological polar surface area (TPSA) is 9.23 Å². The fourth-order valence-electron chi connectivity index (χ4n) is 1.51. The molecule has 0 N–H and O–H groups in total. The summed E-state index contributed by atoms with van der Waals surface area (Å²) in [7, 11) is 5.70. The average molecular weight is 158 g/mol. The number of hydrogen-bond acceptors (Lipinski definition) is 1. The molecular formula is C10H11BO. The van der Waals surface area contributed by atoms with Gasteiger partial charge in [-0.25, -0.2) is 0 Å². The minimum Gasteiger partial charge on any atom is -0.380 e. The van der Waals surface area contributed by atoms with Crippen LogP contribution < -0.4 is 5.46 Å². The zero-order chi connectivity index (χ0) is 8.55. The van der Waals surface area contributed by atoms with Gasteiger partial charge >= 0.3 is 0 Å². The molecule has 0 aromatic heterocycles. The predicted molar refractivity (Wildman–Crippen MR) is 50.1 cm³/mol. The van der Waals surface area contributed by atoms with E-state index in [4.69, 9.17) is 12.6 Å². The van der Waals surface area contributed by atoms with Crippen molar-refractivity contribution >= 4 is 13.3 Å². The zero-order valence-electron chi connectivity index (χ0n) is 7.21. The molecule has 1 aromatic rings. The SMILES string of the molecule is [B]c1ccc(C)c(C2COC2)c1. The molecule has 0 unspecified atom stereocenters. The molecule has 60 valence electrons. The molecule has 0 aliphatic carbocycles. The Morgan fingerprint density at radius 3 is 2.75 bits per heavy atom. The van der Waals surface area contributed by atoms with Gasteiger partial charge in [-0.3, -0.25) is 0 Å². The molecule has 1 saturated heterocycles. The second-order valence-electron chi connectivity index (χ2n) is 3.35. The summed E-state index contributed by atoms with van der Waals surface area (Å²) in [4.78, 5) is 0.